The van der Waals surface area contributed by atoms with Gasteiger partial charge in [0.15, 0.2) is 5.82 Å². The normalized spacial score (nSPS) is 14.1. The fourth-order valence-electron chi connectivity index (χ4n) is 2.14. The van der Waals surface area contributed by atoms with E-state index in [9.17, 15) is 0 Å². The minimum atomic E-state index is 0.961. The van der Waals surface area contributed by atoms with E-state index in [-0.39, 0.29) is 0 Å². The van der Waals surface area contributed by atoms with Gasteiger partial charge < -0.3 is 9.88 Å². The number of hydrogen-bond acceptors (Lipinski definition) is 5. The minimum Gasteiger partial charge on any atom is -0.378 e. The molecule has 0 atom stereocenters. The van der Waals surface area contributed by atoms with Crippen LogP contribution >= 0.6 is 11.5 Å². The summed E-state index contributed by atoms with van der Waals surface area (Å²) in [6.45, 7) is 3.04. The molecule has 0 saturated carbocycles. The van der Waals surface area contributed by atoms with Crippen LogP contribution in [0.4, 0.5) is 5.00 Å². The lowest BCUT2D eigenvalue weighted by molar-refractivity contribution is 0.748. The molecule has 0 unspecified atom stereocenters. The molecule has 2 aromatic rings. The van der Waals surface area contributed by atoms with Gasteiger partial charge in [0.05, 0.1) is 11.3 Å². The van der Waals surface area contributed by atoms with Crippen molar-refractivity contribution in [3.63, 3.8) is 0 Å². The molecule has 0 fully saturated rings. The third-order valence-corrected chi connectivity index (χ3v) is 3.88. The molecule has 1 N–H and O–H groups in total. The summed E-state index contributed by atoms with van der Waals surface area (Å²) in [6, 6.07) is 0. The van der Waals surface area contributed by atoms with Crippen molar-refractivity contribution in [2.45, 2.75) is 26.3 Å². The highest BCUT2D eigenvalue weighted by Crippen LogP contribution is 2.34. The fourth-order valence-corrected chi connectivity index (χ4v) is 2.88. The van der Waals surface area contributed by atoms with Crippen LogP contribution in [0, 0.1) is 6.92 Å². The van der Waals surface area contributed by atoms with E-state index < -0.39 is 0 Å². The Labute approximate surface area is 97.7 Å². The predicted octanol–water partition coefficient (Wildman–Crippen LogP) is 1.70. The molecule has 3 heterocycles. The Bertz CT molecular complexity index is 527. The van der Waals surface area contributed by atoms with Crippen molar-refractivity contribution in [1.29, 1.82) is 0 Å². The van der Waals surface area contributed by atoms with E-state index in [1.54, 1.807) is 0 Å². The molecule has 5 nitrogen and oxygen atoms in total. The average molecular weight is 235 g/mol. The van der Waals surface area contributed by atoms with Crippen molar-refractivity contribution >= 4 is 16.5 Å². The molecular weight excluding hydrogens is 222 g/mol. The maximum atomic E-state index is 4.37. The molecule has 0 spiro atoms. The number of nitrogens with one attached hydrogen (secondary N) is 1. The van der Waals surface area contributed by atoms with Crippen LogP contribution < -0.4 is 5.32 Å². The molecule has 0 amide bonds. The van der Waals surface area contributed by atoms with E-state index in [0.717, 1.165) is 40.9 Å². The molecule has 0 saturated heterocycles. The standard InChI is InChI=1S/C10H13N5S/c1-6-8(10(11-2)16-14-6)9-13-12-7-4-3-5-15(7)9/h11H,3-5H2,1-2H3. The van der Waals surface area contributed by atoms with Gasteiger partial charge >= 0.3 is 0 Å². The van der Waals surface area contributed by atoms with Crippen LogP contribution in [0.3, 0.4) is 0 Å². The van der Waals surface area contributed by atoms with E-state index in [4.69, 9.17) is 0 Å². The summed E-state index contributed by atoms with van der Waals surface area (Å²) in [5.41, 5.74) is 2.13. The fraction of sp³-hybridized carbons (Fsp3) is 0.500. The quantitative estimate of drug-likeness (QED) is 0.860. The minimum absolute atomic E-state index is 0.961. The SMILES string of the molecule is CNc1snc(C)c1-c1nnc2n1CCC2. The second-order valence-corrected chi connectivity index (χ2v) is 4.69. The summed E-state index contributed by atoms with van der Waals surface area (Å²) >= 11 is 1.48. The Morgan fingerprint density at radius 3 is 3.06 bits per heavy atom. The monoisotopic (exact) mass is 235 g/mol. The van der Waals surface area contributed by atoms with Crippen molar-refractivity contribution in [2.75, 3.05) is 12.4 Å². The van der Waals surface area contributed by atoms with Gasteiger partial charge in [-0.2, -0.15) is 4.37 Å². The molecule has 1 aliphatic rings. The van der Waals surface area contributed by atoms with Crippen LogP contribution in [-0.4, -0.2) is 26.2 Å². The first-order valence-electron chi connectivity index (χ1n) is 5.37. The first-order chi connectivity index (χ1) is 7.81. The molecule has 84 valence electrons. The Kier molecular flexibility index (Phi) is 2.17. The molecular formula is C10H13N5S. The third kappa shape index (κ3) is 1.26. The van der Waals surface area contributed by atoms with Crippen molar-refractivity contribution in [3.05, 3.63) is 11.5 Å². The number of nitrogens with zero attached hydrogens (tertiary/aromatic N) is 4. The van der Waals surface area contributed by atoms with E-state index in [1.165, 1.54) is 18.0 Å². The van der Waals surface area contributed by atoms with Crippen LogP contribution in [-0.2, 0) is 13.0 Å². The molecule has 0 bridgehead atoms. The maximum Gasteiger partial charge on any atom is 0.168 e. The number of fused-ring (bicyclic) bond motifs is 1. The number of aromatic nitrogens is 4. The van der Waals surface area contributed by atoms with E-state index in [0.29, 0.717) is 0 Å². The highest BCUT2D eigenvalue weighted by Gasteiger charge is 2.23. The molecule has 6 heteroatoms. The second kappa shape index (κ2) is 3.55. The average Bonchev–Trinajstić information content (AvgIpc) is 2.92. The summed E-state index contributed by atoms with van der Waals surface area (Å²) < 4.78 is 6.57. The second-order valence-electron chi connectivity index (χ2n) is 3.92. The van der Waals surface area contributed by atoms with Crippen LogP contribution in [0.15, 0.2) is 0 Å². The van der Waals surface area contributed by atoms with Crippen LogP contribution in [0.5, 0.6) is 0 Å². The smallest absolute Gasteiger partial charge is 0.168 e. The topological polar surface area (TPSA) is 55.6 Å². The zero-order chi connectivity index (χ0) is 11.1. The molecule has 3 rings (SSSR count). The van der Waals surface area contributed by atoms with E-state index in [1.807, 2.05) is 14.0 Å². The van der Waals surface area contributed by atoms with E-state index >= 15 is 0 Å². The van der Waals surface area contributed by atoms with Crippen LogP contribution in [0.25, 0.3) is 11.4 Å². The zero-order valence-corrected chi connectivity index (χ0v) is 10.1. The van der Waals surface area contributed by atoms with Gasteiger partial charge in [-0.05, 0) is 24.9 Å². The highest BCUT2D eigenvalue weighted by atomic mass is 32.1. The number of rotatable bonds is 2. The first-order valence-corrected chi connectivity index (χ1v) is 6.15. The Morgan fingerprint density at radius 1 is 1.38 bits per heavy atom. The molecule has 0 aromatic carbocycles. The first kappa shape index (κ1) is 9.77. The third-order valence-electron chi connectivity index (χ3n) is 2.92. The molecule has 0 radical (unpaired) electrons. The molecule has 1 aliphatic heterocycles. The number of anilines is 1. The summed E-state index contributed by atoms with van der Waals surface area (Å²) in [5.74, 6) is 2.06. The van der Waals surface area contributed by atoms with Gasteiger partial charge in [-0.3, -0.25) is 0 Å². The van der Waals surface area contributed by atoms with Gasteiger partial charge in [-0.1, -0.05) is 0 Å². The Morgan fingerprint density at radius 2 is 2.25 bits per heavy atom. The predicted molar refractivity (Wildman–Crippen MR) is 63.7 cm³/mol. The lowest BCUT2D eigenvalue weighted by Gasteiger charge is -2.04. The zero-order valence-electron chi connectivity index (χ0n) is 9.32. The summed E-state index contributed by atoms with van der Waals surface area (Å²) in [6.07, 6.45) is 2.21. The lowest BCUT2D eigenvalue weighted by atomic mass is 10.2. The van der Waals surface area contributed by atoms with Crippen molar-refractivity contribution in [2.24, 2.45) is 0 Å². The lowest BCUT2D eigenvalue weighted by Crippen LogP contribution is -1.98. The largest absolute Gasteiger partial charge is 0.378 e. The summed E-state index contributed by atoms with van der Waals surface area (Å²) in [5, 5.41) is 12.8. The molecule has 0 aliphatic carbocycles. The molecule has 16 heavy (non-hydrogen) atoms. The van der Waals surface area contributed by atoms with Gasteiger partial charge in [-0.25, -0.2) is 0 Å². The van der Waals surface area contributed by atoms with Crippen molar-refractivity contribution < 1.29 is 0 Å². The highest BCUT2D eigenvalue weighted by molar-refractivity contribution is 7.10. The van der Waals surface area contributed by atoms with Crippen molar-refractivity contribution in [1.82, 2.24) is 19.1 Å². The van der Waals surface area contributed by atoms with Crippen LogP contribution in [0.1, 0.15) is 17.9 Å². The van der Waals surface area contributed by atoms with Gasteiger partial charge in [0, 0.05) is 20.0 Å². The van der Waals surface area contributed by atoms with E-state index in [2.05, 4.69) is 24.5 Å². The van der Waals surface area contributed by atoms with Gasteiger partial charge in [-0.15, -0.1) is 10.2 Å². The summed E-state index contributed by atoms with van der Waals surface area (Å²) in [7, 11) is 1.91. The molecule has 2 aromatic heterocycles. The number of aryl methyl sites for hydroxylation is 2. The summed E-state index contributed by atoms with van der Waals surface area (Å²) in [4.78, 5) is 0. The Balaban J connectivity index is 2.18. The maximum absolute atomic E-state index is 4.37. The van der Waals surface area contributed by atoms with Crippen molar-refractivity contribution in [3.8, 4) is 11.4 Å². The van der Waals surface area contributed by atoms with Crippen LogP contribution in [0.2, 0.25) is 0 Å². The van der Waals surface area contributed by atoms with Gasteiger partial charge in [0.2, 0.25) is 0 Å². The van der Waals surface area contributed by atoms with Gasteiger partial charge in [0.25, 0.3) is 0 Å². The number of hydrogen-bond donors (Lipinski definition) is 1. The van der Waals surface area contributed by atoms with Gasteiger partial charge in [0.1, 0.15) is 10.8 Å². The Hall–Kier alpha value is -1.43.